The van der Waals surface area contributed by atoms with Gasteiger partial charge in [-0.3, -0.25) is 0 Å². The molecule has 0 rings (SSSR count). The van der Waals surface area contributed by atoms with E-state index >= 15 is 0 Å². The fourth-order valence-corrected chi connectivity index (χ4v) is 4.24. The Hall–Kier alpha value is -0.154. The maximum Gasteiger partial charge on any atom is 1.00 e. The van der Waals surface area contributed by atoms with Gasteiger partial charge in [-0.25, -0.2) is 21.2 Å². The fraction of sp³-hybridized carbons (Fsp3) is 1.00. The van der Waals surface area contributed by atoms with Crippen molar-refractivity contribution in [1.82, 2.24) is 4.72 Å². The summed E-state index contributed by atoms with van der Waals surface area (Å²) < 4.78 is 352. The first kappa shape index (κ1) is 45.0. The topological polar surface area (TPSA) is 103 Å². The molecule has 0 aliphatic heterocycles. The van der Waals surface area contributed by atoms with Gasteiger partial charge in [0.05, 0.1) is 0 Å². The third-order valence-electron chi connectivity index (χ3n) is 4.40. The third kappa shape index (κ3) is 6.04. The molecule has 0 saturated carbocycles. The summed E-state index contributed by atoms with van der Waals surface area (Å²) in [5.41, 5.74) is 0. The molecule has 32 heteroatoms. The Morgan fingerprint density at radius 3 is 0.860 bits per heavy atom. The number of alkyl halides is 23. The van der Waals surface area contributed by atoms with Gasteiger partial charge in [-0.05, 0) is 0 Å². The summed E-state index contributed by atoms with van der Waals surface area (Å²) in [5, 5.41) is -17.0. The van der Waals surface area contributed by atoms with Gasteiger partial charge >= 0.3 is 116 Å². The molecule has 0 fully saturated rings. The Labute approximate surface area is 261 Å². The normalized spacial score (nSPS) is 17.8. The van der Waals surface area contributed by atoms with Gasteiger partial charge in [0.15, 0.2) is 10.1 Å². The molecule has 1 atom stereocenters. The minimum Gasteiger partial charge on any atom is -0.744 e. The molecule has 43 heavy (non-hydrogen) atoms. The Kier molecular flexibility index (Phi) is 11.7. The quantitative estimate of drug-likeness (QED) is 0.151. The zero-order valence-corrected chi connectivity index (χ0v) is 23.3. The number of rotatable bonds is 11. The molecule has 0 aliphatic carbocycles. The summed E-state index contributed by atoms with van der Waals surface area (Å²) >= 11 is 0. The van der Waals surface area contributed by atoms with Crippen LogP contribution in [0.2, 0.25) is 0 Å². The van der Waals surface area contributed by atoms with Gasteiger partial charge in [0.2, 0.25) is 0 Å². The van der Waals surface area contributed by atoms with E-state index < -0.39 is 89.1 Å². The number of nitrogens with one attached hydrogen (secondary N) is 1. The van der Waals surface area contributed by atoms with Crippen LogP contribution in [0.4, 0.5) is 101 Å². The van der Waals surface area contributed by atoms with Crippen LogP contribution in [-0.4, -0.2) is 85.6 Å². The third-order valence-corrected chi connectivity index (χ3v) is 7.06. The standard InChI is InChI=1S/C11H2F23NO5S2.K/c12-1(13,3(16,17)5(20,21)8(26,27)28)2(14,15)4(18,19)6(22,23)10(32,33)41(36,37)35-11(34,42(38,39)40)7(24,25)9(29,30)31;/h35H,(H,38,39,40);/q;+1/p-1. The van der Waals surface area contributed by atoms with Gasteiger partial charge < -0.3 is 4.55 Å². The SMILES string of the molecule is O=S(=O)([O-])C(F)(NS(=O)(=O)C(F)(F)C(F)(F)C(F)(F)C(F)(F)C(F)(F)C(F)(F)C(F)(F)C(F)(F)F)C(F)(F)C(F)(F)F.[K+]. The molecular formula is C11HF23KNO5S2. The van der Waals surface area contributed by atoms with E-state index in [2.05, 4.69) is 0 Å². The molecular weight excluding hydrogens is 766 g/mol. The van der Waals surface area contributed by atoms with Crippen molar-refractivity contribution in [3.05, 3.63) is 0 Å². The van der Waals surface area contributed by atoms with Crippen molar-refractivity contribution in [3.8, 4) is 0 Å². The molecule has 0 aromatic carbocycles. The van der Waals surface area contributed by atoms with Crippen LogP contribution in [0.3, 0.4) is 0 Å². The van der Waals surface area contributed by atoms with Gasteiger partial charge in [0, 0.05) is 0 Å². The maximum absolute atomic E-state index is 13.9. The van der Waals surface area contributed by atoms with E-state index in [0.29, 0.717) is 0 Å². The van der Waals surface area contributed by atoms with Crippen LogP contribution >= 0.6 is 0 Å². The molecule has 0 spiro atoms. The van der Waals surface area contributed by atoms with Crippen molar-refractivity contribution in [2.45, 2.75) is 64.2 Å². The molecule has 0 aromatic rings. The first-order valence-electron chi connectivity index (χ1n) is 8.29. The van der Waals surface area contributed by atoms with Crippen molar-refractivity contribution in [1.29, 1.82) is 0 Å². The van der Waals surface area contributed by atoms with Crippen molar-refractivity contribution in [3.63, 3.8) is 0 Å². The Balaban J connectivity index is 0. The van der Waals surface area contributed by atoms with E-state index in [1.165, 1.54) is 0 Å². The minimum atomic E-state index is -9.49. The Morgan fingerprint density at radius 1 is 0.395 bits per heavy atom. The maximum atomic E-state index is 13.9. The molecule has 0 radical (unpaired) electrons. The average Bonchev–Trinajstić information content (AvgIpc) is 2.69. The molecule has 0 heterocycles. The smallest absolute Gasteiger partial charge is 0.744 e. The summed E-state index contributed by atoms with van der Waals surface area (Å²) in [6, 6.07) is 0. The van der Waals surface area contributed by atoms with Crippen molar-refractivity contribution in [2.24, 2.45) is 0 Å². The monoisotopic (exact) mass is 767 g/mol. The van der Waals surface area contributed by atoms with E-state index in [0.717, 1.165) is 0 Å². The van der Waals surface area contributed by atoms with Crippen LogP contribution in [0.1, 0.15) is 0 Å². The van der Waals surface area contributed by atoms with E-state index in [1.807, 2.05) is 0 Å². The van der Waals surface area contributed by atoms with Gasteiger partial charge in [-0.2, -0.15) is 101 Å². The average molecular weight is 767 g/mol. The Bertz CT molecular complexity index is 1250. The van der Waals surface area contributed by atoms with Gasteiger partial charge in [0.1, 0.15) is 0 Å². The van der Waals surface area contributed by atoms with Crippen molar-refractivity contribution >= 4 is 20.1 Å². The molecule has 0 amide bonds. The minimum absolute atomic E-state index is 0. The van der Waals surface area contributed by atoms with Gasteiger partial charge in [-0.15, -0.1) is 0 Å². The predicted octanol–water partition coefficient (Wildman–Crippen LogP) is 2.24. The van der Waals surface area contributed by atoms with Crippen LogP contribution in [-0.2, 0) is 20.1 Å². The summed E-state index contributed by atoms with van der Waals surface area (Å²) in [5.74, 6) is -63.6. The van der Waals surface area contributed by atoms with Crippen molar-refractivity contribution in [2.75, 3.05) is 0 Å². The van der Waals surface area contributed by atoms with Crippen LogP contribution in [0.25, 0.3) is 0 Å². The van der Waals surface area contributed by atoms with E-state index in [-0.39, 0.29) is 51.4 Å². The second kappa shape index (κ2) is 11.2. The molecule has 1 N–H and O–H groups in total. The summed E-state index contributed by atoms with van der Waals surface area (Å²) in [6.07, 6.45) is -16.1. The van der Waals surface area contributed by atoms with Crippen LogP contribution in [0, 0.1) is 0 Å². The van der Waals surface area contributed by atoms with E-state index in [4.69, 9.17) is 0 Å². The molecule has 0 aliphatic rings. The molecule has 0 aromatic heterocycles. The largest absolute Gasteiger partial charge is 1.00 e. The number of sulfonamides is 1. The van der Waals surface area contributed by atoms with Crippen LogP contribution in [0.5, 0.6) is 0 Å². The first-order valence-corrected chi connectivity index (χ1v) is 11.2. The first-order chi connectivity index (χ1) is 17.5. The molecule has 1 unspecified atom stereocenters. The summed E-state index contributed by atoms with van der Waals surface area (Å²) in [6.45, 7) is 0. The number of hydrogen-bond donors (Lipinski definition) is 1. The molecule has 6 nitrogen and oxygen atoms in total. The zero-order chi connectivity index (χ0) is 35.2. The van der Waals surface area contributed by atoms with Gasteiger partial charge in [0.25, 0.3) is 10.0 Å². The summed E-state index contributed by atoms with van der Waals surface area (Å²) in [7, 11) is -18.0. The molecule has 254 valence electrons. The second-order valence-corrected chi connectivity index (χ2v) is 10.4. The number of hydrogen-bond acceptors (Lipinski definition) is 5. The fourth-order valence-electron chi connectivity index (χ4n) is 2.01. The second-order valence-electron chi connectivity index (χ2n) is 7.19. The summed E-state index contributed by atoms with van der Waals surface area (Å²) in [4.78, 5) is 0. The Morgan fingerprint density at radius 2 is 0.628 bits per heavy atom. The van der Waals surface area contributed by atoms with Crippen molar-refractivity contribution < 1.29 is 174 Å². The van der Waals surface area contributed by atoms with Crippen LogP contribution in [0.15, 0.2) is 0 Å². The molecule has 0 bridgehead atoms. The van der Waals surface area contributed by atoms with E-state index in [9.17, 15) is 122 Å². The van der Waals surface area contributed by atoms with Crippen LogP contribution < -0.4 is 56.1 Å². The van der Waals surface area contributed by atoms with E-state index in [1.54, 1.807) is 0 Å². The predicted molar refractivity (Wildman–Crippen MR) is 77.3 cm³/mol. The van der Waals surface area contributed by atoms with Gasteiger partial charge in [-0.1, -0.05) is 0 Å². The molecule has 0 saturated heterocycles. The zero-order valence-electron chi connectivity index (χ0n) is 18.6. The number of halogens is 23.